The Balaban J connectivity index is 2.20. The van der Waals surface area contributed by atoms with E-state index in [4.69, 9.17) is 10.5 Å². The van der Waals surface area contributed by atoms with E-state index < -0.39 is 5.41 Å². The van der Waals surface area contributed by atoms with Crippen LogP contribution in [0.3, 0.4) is 0 Å². The topological polar surface area (TPSA) is 52.3 Å². The summed E-state index contributed by atoms with van der Waals surface area (Å²) in [6.07, 6.45) is 0.986. The molecule has 0 amide bonds. The fourth-order valence-electron chi connectivity index (χ4n) is 1.89. The summed E-state index contributed by atoms with van der Waals surface area (Å²) in [5.74, 6) is 0.115. The van der Waals surface area contributed by atoms with Gasteiger partial charge < -0.3 is 10.5 Å². The maximum absolute atomic E-state index is 12.2. The molecule has 1 saturated heterocycles. The minimum Gasteiger partial charge on any atom is -0.379 e. The highest BCUT2D eigenvalue weighted by Crippen LogP contribution is 2.30. The molecule has 0 spiro atoms. The SMILES string of the molecule is CCc1ccc(C(=O)C2(CN)COC2)cc1. The number of Topliss-reactive ketones (excluding diaryl/α,β-unsaturated/α-hetero) is 1. The first-order chi connectivity index (χ1) is 7.72. The minimum atomic E-state index is -0.465. The Labute approximate surface area is 95.6 Å². The van der Waals surface area contributed by atoms with Crippen LogP contribution in [0.15, 0.2) is 24.3 Å². The Morgan fingerprint density at radius 2 is 2.00 bits per heavy atom. The number of carbonyl (C=O) groups is 1. The van der Waals surface area contributed by atoms with Gasteiger partial charge >= 0.3 is 0 Å². The number of carbonyl (C=O) groups excluding carboxylic acids is 1. The molecule has 1 aromatic carbocycles. The van der Waals surface area contributed by atoms with Crippen LogP contribution < -0.4 is 5.73 Å². The van der Waals surface area contributed by atoms with Crippen molar-refractivity contribution >= 4 is 5.78 Å². The van der Waals surface area contributed by atoms with Gasteiger partial charge in [0.1, 0.15) is 0 Å². The molecule has 3 heteroatoms. The van der Waals surface area contributed by atoms with E-state index in [-0.39, 0.29) is 5.78 Å². The first-order valence-corrected chi connectivity index (χ1v) is 5.63. The number of ketones is 1. The van der Waals surface area contributed by atoms with Crippen LogP contribution in [0.5, 0.6) is 0 Å². The van der Waals surface area contributed by atoms with Crippen molar-refractivity contribution in [2.24, 2.45) is 11.1 Å². The zero-order valence-corrected chi connectivity index (χ0v) is 9.53. The highest BCUT2D eigenvalue weighted by Gasteiger charge is 2.44. The highest BCUT2D eigenvalue weighted by atomic mass is 16.5. The van der Waals surface area contributed by atoms with Gasteiger partial charge in [-0.15, -0.1) is 0 Å². The minimum absolute atomic E-state index is 0.115. The van der Waals surface area contributed by atoms with Crippen LogP contribution >= 0.6 is 0 Å². The summed E-state index contributed by atoms with van der Waals surface area (Å²) >= 11 is 0. The van der Waals surface area contributed by atoms with Gasteiger partial charge in [-0.2, -0.15) is 0 Å². The Bertz CT molecular complexity index is 374. The van der Waals surface area contributed by atoms with Gasteiger partial charge in [-0.05, 0) is 12.0 Å². The van der Waals surface area contributed by atoms with Crippen LogP contribution in [0.25, 0.3) is 0 Å². The Morgan fingerprint density at radius 1 is 1.38 bits per heavy atom. The van der Waals surface area contributed by atoms with Gasteiger partial charge in [0.2, 0.25) is 0 Å². The standard InChI is InChI=1S/C13H17NO2/c1-2-10-3-5-11(6-4-10)12(15)13(7-14)8-16-9-13/h3-6H,2,7-9,14H2,1H3. The largest absolute Gasteiger partial charge is 0.379 e. The maximum Gasteiger partial charge on any atom is 0.174 e. The van der Waals surface area contributed by atoms with E-state index in [1.54, 1.807) is 0 Å². The first-order valence-electron chi connectivity index (χ1n) is 5.63. The molecule has 0 unspecified atom stereocenters. The van der Waals surface area contributed by atoms with Crippen LogP contribution in [0.4, 0.5) is 0 Å². The molecule has 0 radical (unpaired) electrons. The average Bonchev–Trinajstić information content (AvgIpc) is 2.28. The number of benzene rings is 1. The lowest BCUT2D eigenvalue weighted by molar-refractivity contribution is -0.0816. The Hall–Kier alpha value is -1.19. The van der Waals surface area contributed by atoms with E-state index in [0.29, 0.717) is 19.8 Å². The lowest BCUT2D eigenvalue weighted by atomic mass is 9.78. The van der Waals surface area contributed by atoms with Gasteiger partial charge in [-0.1, -0.05) is 31.2 Å². The Morgan fingerprint density at radius 3 is 2.38 bits per heavy atom. The van der Waals surface area contributed by atoms with Crippen LogP contribution in [0, 0.1) is 5.41 Å². The van der Waals surface area contributed by atoms with Gasteiger partial charge in [0, 0.05) is 12.1 Å². The third-order valence-corrected chi connectivity index (χ3v) is 3.25. The van der Waals surface area contributed by atoms with E-state index in [1.807, 2.05) is 24.3 Å². The summed E-state index contributed by atoms with van der Waals surface area (Å²) in [5, 5.41) is 0. The van der Waals surface area contributed by atoms with Crippen molar-refractivity contribution in [2.75, 3.05) is 19.8 Å². The van der Waals surface area contributed by atoms with Crippen molar-refractivity contribution < 1.29 is 9.53 Å². The van der Waals surface area contributed by atoms with Crippen LogP contribution in [0.1, 0.15) is 22.8 Å². The van der Waals surface area contributed by atoms with Gasteiger partial charge in [-0.3, -0.25) is 4.79 Å². The first kappa shape index (κ1) is 11.3. The van der Waals surface area contributed by atoms with Gasteiger partial charge in [0.25, 0.3) is 0 Å². The lowest BCUT2D eigenvalue weighted by Crippen LogP contribution is -2.54. The molecule has 0 aliphatic carbocycles. The zero-order valence-electron chi connectivity index (χ0n) is 9.53. The smallest absolute Gasteiger partial charge is 0.174 e. The summed E-state index contributed by atoms with van der Waals surface area (Å²) in [6.45, 7) is 3.37. The third kappa shape index (κ3) is 1.77. The van der Waals surface area contributed by atoms with Gasteiger partial charge in [-0.25, -0.2) is 0 Å². The van der Waals surface area contributed by atoms with Crippen molar-refractivity contribution in [1.82, 2.24) is 0 Å². The molecule has 2 N–H and O–H groups in total. The molecule has 3 nitrogen and oxygen atoms in total. The molecule has 1 aliphatic heterocycles. The van der Waals surface area contributed by atoms with Crippen molar-refractivity contribution in [3.63, 3.8) is 0 Å². The molecule has 2 rings (SSSR count). The molecule has 86 valence electrons. The second-order valence-corrected chi connectivity index (χ2v) is 4.36. The van der Waals surface area contributed by atoms with E-state index in [9.17, 15) is 4.79 Å². The summed E-state index contributed by atoms with van der Waals surface area (Å²) in [6, 6.07) is 7.77. The third-order valence-electron chi connectivity index (χ3n) is 3.25. The second-order valence-electron chi connectivity index (χ2n) is 4.36. The predicted molar refractivity (Wildman–Crippen MR) is 62.5 cm³/mol. The number of hydrogen-bond donors (Lipinski definition) is 1. The molecule has 0 aromatic heterocycles. The van der Waals surface area contributed by atoms with Crippen molar-refractivity contribution in [3.8, 4) is 0 Å². The number of rotatable bonds is 4. The molecular formula is C13H17NO2. The van der Waals surface area contributed by atoms with Crippen LogP contribution in [0.2, 0.25) is 0 Å². The maximum atomic E-state index is 12.2. The van der Waals surface area contributed by atoms with E-state index in [0.717, 1.165) is 12.0 Å². The van der Waals surface area contributed by atoms with E-state index in [1.165, 1.54) is 5.56 Å². The Kier molecular flexibility index (Phi) is 3.08. The predicted octanol–water partition coefficient (Wildman–Crippen LogP) is 1.41. The molecule has 1 aromatic rings. The number of aryl methyl sites for hydroxylation is 1. The normalized spacial score (nSPS) is 17.9. The van der Waals surface area contributed by atoms with E-state index in [2.05, 4.69) is 6.92 Å². The number of ether oxygens (including phenoxy) is 1. The molecular weight excluding hydrogens is 202 g/mol. The van der Waals surface area contributed by atoms with Crippen LogP contribution in [-0.2, 0) is 11.2 Å². The highest BCUT2D eigenvalue weighted by molar-refractivity contribution is 6.01. The summed E-state index contributed by atoms with van der Waals surface area (Å²) in [4.78, 5) is 12.2. The summed E-state index contributed by atoms with van der Waals surface area (Å²) in [5.41, 5.74) is 7.18. The molecule has 1 fully saturated rings. The molecule has 1 heterocycles. The van der Waals surface area contributed by atoms with Crippen LogP contribution in [-0.4, -0.2) is 25.5 Å². The fourth-order valence-corrected chi connectivity index (χ4v) is 1.89. The second kappa shape index (κ2) is 4.36. The lowest BCUT2D eigenvalue weighted by Gasteiger charge is -2.38. The number of hydrogen-bond acceptors (Lipinski definition) is 3. The zero-order chi connectivity index (χ0) is 11.6. The van der Waals surface area contributed by atoms with Crippen molar-refractivity contribution in [1.29, 1.82) is 0 Å². The summed E-state index contributed by atoms with van der Waals surface area (Å²) < 4.78 is 5.12. The van der Waals surface area contributed by atoms with Crippen molar-refractivity contribution in [2.45, 2.75) is 13.3 Å². The molecule has 0 atom stereocenters. The molecule has 1 aliphatic rings. The van der Waals surface area contributed by atoms with E-state index >= 15 is 0 Å². The van der Waals surface area contributed by atoms with Gasteiger partial charge in [0.15, 0.2) is 5.78 Å². The molecule has 0 saturated carbocycles. The monoisotopic (exact) mass is 219 g/mol. The quantitative estimate of drug-likeness (QED) is 0.779. The molecule has 0 bridgehead atoms. The van der Waals surface area contributed by atoms with Gasteiger partial charge in [0.05, 0.1) is 18.6 Å². The average molecular weight is 219 g/mol. The molecule has 16 heavy (non-hydrogen) atoms. The summed E-state index contributed by atoms with van der Waals surface area (Å²) in [7, 11) is 0. The number of nitrogens with two attached hydrogens (primary N) is 1. The fraction of sp³-hybridized carbons (Fsp3) is 0.462. The van der Waals surface area contributed by atoms with Crippen molar-refractivity contribution in [3.05, 3.63) is 35.4 Å².